The monoisotopic (exact) mass is 260 g/mol. The maximum absolute atomic E-state index is 11.3. The van der Waals surface area contributed by atoms with E-state index in [4.69, 9.17) is 4.74 Å². The number of fused-ring (bicyclic) bond motifs is 3. The zero-order valence-electron chi connectivity index (χ0n) is 9.90. The number of rotatable bonds is 2. The Morgan fingerprint density at radius 3 is 2.94 bits per heavy atom. The van der Waals surface area contributed by atoms with Gasteiger partial charge in [0, 0.05) is 15.8 Å². The minimum Gasteiger partial charge on any atom is -0.497 e. The van der Waals surface area contributed by atoms with Crippen molar-refractivity contribution in [2.45, 2.75) is 12.8 Å². The molecule has 0 atom stereocenters. The van der Waals surface area contributed by atoms with Crippen molar-refractivity contribution in [1.82, 2.24) is 0 Å². The number of thiophene rings is 1. The van der Waals surface area contributed by atoms with Gasteiger partial charge in [-0.1, -0.05) is 6.07 Å². The van der Waals surface area contributed by atoms with E-state index in [1.165, 1.54) is 16.9 Å². The van der Waals surface area contributed by atoms with Crippen LogP contribution in [0.25, 0.3) is 11.1 Å². The number of carboxylic acid groups (broad SMARTS) is 1. The SMILES string of the molecule is COc1ccc2c(c1)-c1c(C(=O)O)csc1CC2. The van der Waals surface area contributed by atoms with Crippen LogP contribution in [0.1, 0.15) is 20.8 Å². The van der Waals surface area contributed by atoms with E-state index in [-0.39, 0.29) is 0 Å². The largest absolute Gasteiger partial charge is 0.497 e. The van der Waals surface area contributed by atoms with Crippen molar-refractivity contribution < 1.29 is 14.6 Å². The minimum absolute atomic E-state index is 0.407. The van der Waals surface area contributed by atoms with Gasteiger partial charge in [0.15, 0.2) is 0 Å². The van der Waals surface area contributed by atoms with Crippen LogP contribution in [-0.2, 0) is 12.8 Å². The summed E-state index contributed by atoms with van der Waals surface area (Å²) < 4.78 is 5.23. The first-order valence-electron chi connectivity index (χ1n) is 5.71. The maximum Gasteiger partial charge on any atom is 0.337 e. The number of aromatic carboxylic acids is 1. The van der Waals surface area contributed by atoms with Gasteiger partial charge in [-0.15, -0.1) is 11.3 Å². The van der Waals surface area contributed by atoms with E-state index < -0.39 is 5.97 Å². The van der Waals surface area contributed by atoms with E-state index in [1.807, 2.05) is 18.2 Å². The highest BCUT2D eigenvalue weighted by atomic mass is 32.1. The Kier molecular flexibility index (Phi) is 2.59. The third kappa shape index (κ3) is 1.61. The van der Waals surface area contributed by atoms with Crippen molar-refractivity contribution >= 4 is 17.3 Å². The number of aryl methyl sites for hydroxylation is 2. The molecule has 1 aliphatic carbocycles. The van der Waals surface area contributed by atoms with E-state index in [2.05, 4.69) is 0 Å². The van der Waals surface area contributed by atoms with Gasteiger partial charge < -0.3 is 9.84 Å². The minimum atomic E-state index is -0.858. The predicted molar refractivity (Wildman–Crippen MR) is 70.7 cm³/mol. The van der Waals surface area contributed by atoms with Crippen molar-refractivity contribution in [2.24, 2.45) is 0 Å². The highest BCUT2D eigenvalue weighted by molar-refractivity contribution is 7.10. The van der Waals surface area contributed by atoms with Crippen LogP contribution in [0.15, 0.2) is 23.6 Å². The predicted octanol–water partition coefficient (Wildman–Crippen LogP) is 3.22. The molecule has 4 heteroatoms. The Hall–Kier alpha value is -1.81. The van der Waals surface area contributed by atoms with Gasteiger partial charge in [0.05, 0.1) is 12.7 Å². The van der Waals surface area contributed by atoms with Crippen LogP contribution in [-0.4, -0.2) is 18.2 Å². The third-order valence-electron chi connectivity index (χ3n) is 3.31. The molecule has 0 amide bonds. The zero-order chi connectivity index (χ0) is 12.7. The Morgan fingerprint density at radius 1 is 1.39 bits per heavy atom. The van der Waals surface area contributed by atoms with Crippen LogP contribution in [0.5, 0.6) is 5.75 Å². The fourth-order valence-electron chi connectivity index (χ4n) is 2.42. The van der Waals surface area contributed by atoms with Crippen molar-refractivity contribution in [3.63, 3.8) is 0 Å². The molecule has 18 heavy (non-hydrogen) atoms. The van der Waals surface area contributed by atoms with Gasteiger partial charge in [0.1, 0.15) is 5.75 Å². The van der Waals surface area contributed by atoms with Crippen LogP contribution in [0.3, 0.4) is 0 Å². The summed E-state index contributed by atoms with van der Waals surface area (Å²) >= 11 is 1.54. The molecule has 3 nitrogen and oxygen atoms in total. The summed E-state index contributed by atoms with van der Waals surface area (Å²) in [5.41, 5.74) is 3.50. The van der Waals surface area contributed by atoms with Crippen LogP contribution < -0.4 is 4.74 Å². The molecule has 0 aliphatic heterocycles. The summed E-state index contributed by atoms with van der Waals surface area (Å²) in [6, 6.07) is 5.89. The van der Waals surface area contributed by atoms with Crippen molar-refractivity contribution in [2.75, 3.05) is 7.11 Å². The van der Waals surface area contributed by atoms with Gasteiger partial charge in [-0.2, -0.15) is 0 Å². The van der Waals surface area contributed by atoms with Crippen molar-refractivity contribution in [3.05, 3.63) is 39.6 Å². The van der Waals surface area contributed by atoms with Crippen LogP contribution in [0, 0.1) is 0 Å². The molecule has 0 bridgehead atoms. The Balaban J connectivity index is 2.25. The second-order valence-electron chi connectivity index (χ2n) is 4.28. The molecule has 0 saturated heterocycles. The molecule has 92 valence electrons. The number of hydrogen-bond acceptors (Lipinski definition) is 3. The Morgan fingerprint density at radius 2 is 2.22 bits per heavy atom. The molecule has 2 aromatic rings. The second-order valence-corrected chi connectivity index (χ2v) is 5.24. The molecule has 0 saturated carbocycles. The summed E-state index contributed by atoms with van der Waals surface area (Å²) in [5.74, 6) is -0.0905. The molecule has 0 spiro atoms. The summed E-state index contributed by atoms with van der Waals surface area (Å²) in [6.07, 6.45) is 1.89. The lowest BCUT2D eigenvalue weighted by Crippen LogP contribution is -2.05. The molecular formula is C14H12O3S. The molecular weight excluding hydrogens is 248 g/mol. The van der Waals surface area contributed by atoms with Crippen LogP contribution >= 0.6 is 11.3 Å². The van der Waals surface area contributed by atoms with Gasteiger partial charge in [-0.3, -0.25) is 0 Å². The van der Waals surface area contributed by atoms with Gasteiger partial charge in [0.2, 0.25) is 0 Å². The van der Waals surface area contributed by atoms with Gasteiger partial charge >= 0.3 is 5.97 Å². The lowest BCUT2D eigenvalue weighted by atomic mass is 9.88. The van der Waals surface area contributed by atoms with Gasteiger partial charge in [-0.25, -0.2) is 4.79 Å². The molecule has 0 radical (unpaired) electrons. The van der Waals surface area contributed by atoms with Crippen molar-refractivity contribution in [3.8, 4) is 16.9 Å². The Bertz CT molecular complexity index is 628. The van der Waals surface area contributed by atoms with E-state index in [9.17, 15) is 9.90 Å². The van der Waals surface area contributed by atoms with E-state index >= 15 is 0 Å². The highest BCUT2D eigenvalue weighted by Gasteiger charge is 2.24. The lowest BCUT2D eigenvalue weighted by molar-refractivity contribution is 0.0698. The molecule has 1 aromatic heterocycles. The van der Waals surface area contributed by atoms with E-state index in [0.717, 1.165) is 34.6 Å². The molecule has 3 rings (SSSR count). The van der Waals surface area contributed by atoms with Gasteiger partial charge in [0.25, 0.3) is 0 Å². The number of benzene rings is 1. The Labute approximate surface area is 109 Å². The normalized spacial score (nSPS) is 12.7. The first kappa shape index (κ1) is 11.3. The first-order chi connectivity index (χ1) is 8.70. The second kappa shape index (κ2) is 4.14. The summed E-state index contributed by atoms with van der Waals surface area (Å²) in [7, 11) is 1.62. The van der Waals surface area contributed by atoms with E-state index in [1.54, 1.807) is 12.5 Å². The van der Waals surface area contributed by atoms with Crippen LogP contribution in [0.4, 0.5) is 0 Å². The average molecular weight is 260 g/mol. The van der Waals surface area contributed by atoms with E-state index in [0.29, 0.717) is 5.56 Å². The van der Waals surface area contributed by atoms with Crippen LogP contribution in [0.2, 0.25) is 0 Å². The average Bonchev–Trinajstić information content (AvgIpc) is 2.82. The smallest absolute Gasteiger partial charge is 0.337 e. The molecule has 1 heterocycles. The fraction of sp³-hybridized carbons (Fsp3) is 0.214. The summed E-state index contributed by atoms with van der Waals surface area (Å²) in [4.78, 5) is 12.4. The quantitative estimate of drug-likeness (QED) is 0.901. The number of ether oxygens (including phenoxy) is 1. The molecule has 0 fully saturated rings. The van der Waals surface area contributed by atoms with Gasteiger partial charge in [-0.05, 0) is 36.1 Å². The molecule has 1 aromatic carbocycles. The fourth-order valence-corrected chi connectivity index (χ4v) is 3.45. The lowest BCUT2D eigenvalue weighted by Gasteiger charge is -2.18. The number of methoxy groups -OCH3 is 1. The number of carboxylic acids is 1. The number of carbonyl (C=O) groups is 1. The molecule has 0 unspecified atom stereocenters. The maximum atomic E-state index is 11.3. The topological polar surface area (TPSA) is 46.5 Å². The summed E-state index contributed by atoms with van der Waals surface area (Å²) in [5, 5.41) is 11.0. The number of hydrogen-bond donors (Lipinski definition) is 1. The molecule has 1 aliphatic rings. The van der Waals surface area contributed by atoms with Crippen molar-refractivity contribution in [1.29, 1.82) is 0 Å². The standard InChI is InChI=1S/C14H12O3S/c1-17-9-4-2-8-3-5-12-13(10(8)6-9)11(7-18-12)14(15)16/h2,4,6-7H,3,5H2,1H3,(H,15,16). The zero-order valence-corrected chi connectivity index (χ0v) is 10.7. The molecule has 1 N–H and O–H groups in total. The third-order valence-corrected chi connectivity index (χ3v) is 4.35. The first-order valence-corrected chi connectivity index (χ1v) is 6.59. The highest BCUT2D eigenvalue weighted by Crippen LogP contribution is 2.41. The summed E-state index contributed by atoms with van der Waals surface area (Å²) in [6.45, 7) is 0.